The molecule has 2 heterocycles. The summed E-state index contributed by atoms with van der Waals surface area (Å²) in [4.78, 5) is 4.53. The molecular weight excluding hydrogens is 386 g/mol. The molecule has 1 saturated heterocycles. The second-order valence-electron chi connectivity index (χ2n) is 7.65. The SMILES string of the molecule is Cc1nc(-c2ccc(C)c(S(=O)(=O)N3CCC(Cc4ccccc4)CC3)c2)no1. The lowest BCUT2D eigenvalue weighted by Gasteiger charge is -2.31. The first-order valence-electron chi connectivity index (χ1n) is 9.89. The second kappa shape index (κ2) is 8.08. The van der Waals surface area contributed by atoms with Crippen LogP contribution in [0.2, 0.25) is 0 Å². The fourth-order valence-corrected chi connectivity index (χ4v) is 5.59. The van der Waals surface area contributed by atoms with Crippen LogP contribution in [0.1, 0.15) is 29.9 Å². The number of sulfonamides is 1. The van der Waals surface area contributed by atoms with E-state index in [0.29, 0.717) is 41.2 Å². The Morgan fingerprint density at radius 3 is 2.45 bits per heavy atom. The van der Waals surface area contributed by atoms with E-state index in [9.17, 15) is 8.42 Å². The normalized spacial score (nSPS) is 16.2. The molecular formula is C22H25N3O3S. The van der Waals surface area contributed by atoms with Crippen LogP contribution >= 0.6 is 0 Å². The van der Waals surface area contributed by atoms with Crippen LogP contribution in [0.4, 0.5) is 0 Å². The van der Waals surface area contributed by atoms with Crippen molar-refractivity contribution in [2.45, 2.75) is 38.0 Å². The standard InChI is InChI=1S/C22H25N3O3S/c1-16-8-9-20(22-23-17(2)28-24-22)15-21(16)29(26,27)25-12-10-19(11-13-25)14-18-6-4-3-5-7-18/h3-9,15,19H,10-14H2,1-2H3. The van der Waals surface area contributed by atoms with Crippen LogP contribution in [0.15, 0.2) is 57.9 Å². The number of aromatic nitrogens is 2. The average Bonchev–Trinajstić information content (AvgIpc) is 3.16. The van der Waals surface area contributed by atoms with Crippen molar-refractivity contribution in [1.29, 1.82) is 0 Å². The van der Waals surface area contributed by atoms with Gasteiger partial charge in [0.15, 0.2) is 0 Å². The van der Waals surface area contributed by atoms with Crippen LogP contribution in [0.3, 0.4) is 0 Å². The zero-order valence-corrected chi connectivity index (χ0v) is 17.5. The zero-order chi connectivity index (χ0) is 20.4. The van der Waals surface area contributed by atoms with Crippen molar-refractivity contribution in [3.63, 3.8) is 0 Å². The molecule has 3 aromatic rings. The third-order valence-electron chi connectivity index (χ3n) is 5.53. The van der Waals surface area contributed by atoms with Crippen molar-refractivity contribution in [2.24, 2.45) is 5.92 Å². The van der Waals surface area contributed by atoms with Gasteiger partial charge in [-0.25, -0.2) is 8.42 Å². The van der Waals surface area contributed by atoms with Crippen LogP contribution in [0.5, 0.6) is 0 Å². The number of nitrogens with zero attached hydrogens (tertiary/aromatic N) is 3. The molecule has 0 bridgehead atoms. The topological polar surface area (TPSA) is 76.3 Å². The quantitative estimate of drug-likeness (QED) is 0.634. The van der Waals surface area contributed by atoms with Crippen LogP contribution in [0, 0.1) is 19.8 Å². The highest BCUT2D eigenvalue weighted by atomic mass is 32.2. The van der Waals surface area contributed by atoms with Gasteiger partial charge in [0.05, 0.1) is 4.90 Å². The lowest BCUT2D eigenvalue weighted by atomic mass is 9.91. The molecule has 29 heavy (non-hydrogen) atoms. The molecule has 2 aromatic carbocycles. The summed E-state index contributed by atoms with van der Waals surface area (Å²) >= 11 is 0. The summed E-state index contributed by atoms with van der Waals surface area (Å²) in [6.45, 7) is 4.62. The molecule has 0 N–H and O–H groups in total. The maximum Gasteiger partial charge on any atom is 0.243 e. The number of benzene rings is 2. The van der Waals surface area contributed by atoms with E-state index < -0.39 is 10.0 Å². The number of piperidine rings is 1. The summed E-state index contributed by atoms with van der Waals surface area (Å²) in [6, 6.07) is 15.7. The van der Waals surface area contributed by atoms with E-state index in [2.05, 4.69) is 34.4 Å². The average molecular weight is 412 g/mol. The van der Waals surface area contributed by atoms with Crippen LogP contribution in [0.25, 0.3) is 11.4 Å². The maximum atomic E-state index is 13.3. The molecule has 0 saturated carbocycles. The Labute approximate surface area is 171 Å². The van der Waals surface area contributed by atoms with Gasteiger partial charge >= 0.3 is 0 Å². The monoisotopic (exact) mass is 411 g/mol. The Balaban J connectivity index is 1.50. The van der Waals surface area contributed by atoms with Gasteiger partial charge in [0.2, 0.25) is 21.7 Å². The second-order valence-corrected chi connectivity index (χ2v) is 9.56. The predicted molar refractivity (Wildman–Crippen MR) is 111 cm³/mol. The Morgan fingerprint density at radius 2 is 1.79 bits per heavy atom. The van der Waals surface area contributed by atoms with Crippen molar-refractivity contribution in [3.05, 3.63) is 65.5 Å². The fraction of sp³-hybridized carbons (Fsp3) is 0.364. The highest BCUT2D eigenvalue weighted by Crippen LogP contribution is 2.29. The molecule has 6 nitrogen and oxygen atoms in total. The molecule has 152 valence electrons. The van der Waals surface area contributed by atoms with E-state index in [-0.39, 0.29) is 0 Å². The lowest BCUT2D eigenvalue weighted by Crippen LogP contribution is -2.39. The summed E-state index contributed by atoms with van der Waals surface area (Å²) in [7, 11) is -3.57. The third-order valence-corrected chi connectivity index (χ3v) is 7.57. The molecule has 1 aliphatic rings. The summed E-state index contributed by atoms with van der Waals surface area (Å²) in [5.41, 5.74) is 2.68. The van der Waals surface area contributed by atoms with Crippen molar-refractivity contribution in [3.8, 4) is 11.4 Å². The molecule has 7 heteroatoms. The minimum absolute atomic E-state index is 0.318. The third kappa shape index (κ3) is 4.26. The number of rotatable bonds is 5. The van der Waals surface area contributed by atoms with Gasteiger partial charge in [0.25, 0.3) is 0 Å². The molecule has 0 atom stereocenters. The zero-order valence-electron chi connectivity index (χ0n) is 16.7. The van der Waals surface area contributed by atoms with Crippen molar-refractivity contribution in [1.82, 2.24) is 14.4 Å². The first kappa shape index (κ1) is 19.8. The molecule has 1 aromatic heterocycles. The summed E-state index contributed by atoms with van der Waals surface area (Å²) in [6.07, 6.45) is 2.74. The van der Waals surface area contributed by atoms with Crippen LogP contribution < -0.4 is 0 Å². The number of hydrogen-bond acceptors (Lipinski definition) is 5. The largest absolute Gasteiger partial charge is 0.339 e. The van der Waals surface area contributed by atoms with E-state index >= 15 is 0 Å². The molecule has 0 amide bonds. The Kier molecular flexibility index (Phi) is 5.52. The fourth-order valence-electron chi connectivity index (χ4n) is 3.87. The predicted octanol–water partition coefficient (Wildman–Crippen LogP) is 4.00. The van der Waals surface area contributed by atoms with Crippen LogP contribution in [-0.4, -0.2) is 36.0 Å². The van der Waals surface area contributed by atoms with E-state index in [0.717, 1.165) is 24.8 Å². The van der Waals surface area contributed by atoms with E-state index in [1.165, 1.54) is 5.56 Å². The first-order chi connectivity index (χ1) is 13.9. The minimum atomic E-state index is -3.57. The van der Waals surface area contributed by atoms with Gasteiger partial charge in [-0.05, 0) is 49.3 Å². The van der Waals surface area contributed by atoms with E-state index in [1.807, 2.05) is 19.1 Å². The van der Waals surface area contributed by atoms with Crippen molar-refractivity contribution >= 4 is 10.0 Å². The van der Waals surface area contributed by atoms with Gasteiger partial charge in [-0.2, -0.15) is 9.29 Å². The Bertz CT molecular complexity index is 1090. The lowest BCUT2D eigenvalue weighted by molar-refractivity contribution is 0.273. The smallest absolute Gasteiger partial charge is 0.243 e. The summed E-state index contributed by atoms with van der Waals surface area (Å²) in [5, 5.41) is 3.91. The molecule has 4 rings (SSSR count). The van der Waals surface area contributed by atoms with Gasteiger partial charge in [-0.1, -0.05) is 47.6 Å². The van der Waals surface area contributed by atoms with Gasteiger partial charge < -0.3 is 4.52 Å². The van der Waals surface area contributed by atoms with Gasteiger partial charge in [0.1, 0.15) is 0 Å². The Morgan fingerprint density at radius 1 is 1.07 bits per heavy atom. The Hall–Kier alpha value is -2.51. The maximum absolute atomic E-state index is 13.3. The van der Waals surface area contributed by atoms with Gasteiger partial charge in [0, 0.05) is 25.6 Å². The minimum Gasteiger partial charge on any atom is -0.339 e. The van der Waals surface area contributed by atoms with Crippen molar-refractivity contribution in [2.75, 3.05) is 13.1 Å². The van der Waals surface area contributed by atoms with E-state index in [4.69, 9.17) is 4.52 Å². The molecule has 0 aliphatic carbocycles. The summed E-state index contributed by atoms with van der Waals surface area (Å²) in [5.74, 6) is 1.37. The highest BCUT2D eigenvalue weighted by molar-refractivity contribution is 7.89. The van der Waals surface area contributed by atoms with Crippen molar-refractivity contribution < 1.29 is 12.9 Å². The molecule has 0 spiro atoms. The van der Waals surface area contributed by atoms with Crippen LogP contribution in [-0.2, 0) is 16.4 Å². The number of hydrogen-bond donors (Lipinski definition) is 0. The van der Waals surface area contributed by atoms with Gasteiger partial charge in [-0.3, -0.25) is 0 Å². The van der Waals surface area contributed by atoms with Gasteiger partial charge in [-0.15, -0.1) is 0 Å². The first-order valence-corrected chi connectivity index (χ1v) is 11.3. The number of aryl methyl sites for hydroxylation is 2. The molecule has 0 radical (unpaired) electrons. The molecule has 1 fully saturated rings. The van der Waals surface area contributed by atoms with E-state index in [1.54, 1.807) is 23.4 Å². The molecule has 1 aliphatic heterocycles. The highest BCUT2D eigenvalue weighted by Gasteiger charge is 2.31. The summed E-state index contributed by atoms with van der Waals surface area (Å²) < 4.78 is 33.3. The molecule has 0 unspecified atom stereocenters.